The molecule has 0 saturated carbocycles. The van der Waals surface area contributed by atoms with E-state index in [2.05, 4.69) is 50.2 Å². The molecule has 94 valence electrons. The van der Waals surface area contributed by atoms with Gasteiger partial charge < -0.3 is 5.11 Å². The number of aryl methyl sites for hydroxylation is 1. The van der Waals surface area contributed by atoms with Crippen LogP contribution >= 0.6 is 0 Å². The van der Waals surface area contributed by atoms with Crippen molar-refractivity contribution in [3.05, 3.63) is 47.5 Å². The van der Waals surface area contributed by atoms with Gasteiger partial charge in [0.05, 0.1) is 0 Å². The second-order valence-electron chi connectivity index (χ2n) is 4.94. The molecule has 2 aromatic rings. The lowest BCUT2D eigenvalue weighted by Gasteiger charge is -2.11. The van der Waals surface area contributed by atoms with Crippen molar-refractivity contribution in [3.63, 3.8) is 0 Å². The molecule has 0 amide bonds. The Morgan fingerprint density at radius 2 is 1.83 bits per heavy atom. The molecule has 18 heavy (non-hydrogen) atoms. The maximum Gasteiger partial charge on any atom is 0.303 e. The molecule has 0 aliphatic heterocycles. The predicted octanol–water partition coefficient (Wildman–Crippen LogP) is 4.12. The summed E-state index contributed by atoms with van der Waals surface area (Å²) in [6.07, 6.45) is 0.916. The van der Waals surface area contributed by atoms with Crippen LogP contribution in [0, 0.1) is 6.92 Å². The van der Waals surface area contributed by atoms with Crippen LogP contribution in [0.4, 0.5) is 0 Å². The number of benzene rings is 2. The SMILES string of the molecule is Cc1ccc2cc(C(C)CCC(=O)O)ccc2c1. The molecule has 2 nitrogen and oxygen atoms in total. The first-order valence-corrected chi connectivity index (χ1v) is 6.28. The van der Waals surface area contributed by atoms with E-state index in [9.17, 15) is 4.79 Å². The lowest BCUT2D eigenvalue weighted by Crippen LogP contribution is -2.00. The number of hydrogen-bond acceptors (Lipinski definition) is 1. The van der Waals surface area contributed by atoms with Gasteiger partial charge >= 0.3 is 5.97 Å². The summed E-state index contributed by atoms with van der Waals surface area (Å²) >= 11 is 0. The van der Waals surface area contributed by atoms with E-state index in [1.54, 1.807) is 0 Å². The summed E-state index contributed by atoms with van der Waals surface area (Å²) in [5.74, 6) is -0.440. The Labute approximate surface area is 107 Å². The van der Waals surface area contributed by atoms with E-state index in [1.807, 2.05) is 0 Å². The van der Waals surface area contributed by atoms with E-state index < -0.39 is 5.97 Å². The zero-order valence-electron chi connectivity index (χ0n) is 10.8. The van der Waals surface area contributed by atoms with E-state index in [1.165, 1.54) is 21.9 Å². The molecule has 2 heteroatoms. The molecule has 2 aromatic carbocycles. The Balaban J connectivity index is 2.24. The van der Waals surface area contributed by atoms with Gasteiger partial charge in [0.1, 0.15) is 0 Å². The molecule has 0 saturated heterocycles. The highest BCUT2D eigenvalue weighted by atomic mass is 16.4. The Hall–Kier alpha value is -1.83. The van der Waals surface area contributed by atoms with Gasteiger partial charge in [-0.05, 0) is 35.6 Å². The topological polar surface area (TPSA) is 37.3 Å². The number of aliphatic carboxylic acids is 1. The Morgan fingerprint density at radius 3 is 2.56 bits per heavy atom. The molecule has 0 radical (unpaired) electrons. The van der Waals surface area contributed by atoms with Crippen molar-refractivity contribution in [2.75, 3.05) is 0 Å². The fourth-order valence-corrected chi connectivity index (χ4v) is 2.20. The molecule has 1 atom stereocenters. The normalized spacial score (nSPS) is 12.6. The zero-order valence-corrected chi connectivity index (χ0v) is 10.8. The molecule has 1 N–H and O–H groups in total. The number of hydrogen-bond donors (Lipinski definition) is 1. The zero-order chi connectivity index (χ0) is 13.1. The largest absolute Gasteiger partial charge is 0.481 e. The van der Waals surface area contributed by atoms with Gasteiger partial charge in [0.15, 0.2) is 0 Å². The molecule has 0 fully saturated rings. The van der Waals surface area contributed by atoms with Crippen LogP contribution in [0.15, 0.2) is 36.4 Å². The van der Waals surface area contributed by atoms with Crippen molar-refractivity contribution in [3.8, 4) is 0 Å². The number of rotatable bonds is 4. The third-order valence-electron chi connectivity index (χ3n) is 3.38. The van der Waals surface area contributed by atoms with E-state index in [-0.39, 0.29) is 12.3 Å². The van der Waals surface area contributed by atoms with Crippen molar-refractivity contribution < 1.29 is 9.90 Å². The summed E-state index contributed by atoms with van der Waals surface area (Å²) in [6.45, 7) is 4.17. The fraction of sp³-hybridized carbons (Fsp3) is 0.312. The van der Waals surface area contributed by atoms with Crippen LogP contribution in [0.5, 0.6) is 0 Å². The summed E-state index contributed by atoms with van der Waals surface area (Å²) < 4.78 is 0. The maximum atomic E-state index is 10.6. The summed E-state index contributed by atoms with van der Waals surface area (Å²) in [6, 6.07) is 12.8. The molecular weight excluding hydrogens is 224 g/mol. The van der Waals surface area contributed by atoms with Gasteiger partial charge in [0.25, 0.3) is 0 Å². The van der Waals surface area contributed by atoms with Crippen LogP contribution in [0.2, 0.25) is 0 Å². The van der Waals surface area contributed by atoms with Gasteiger partial charge in [-0.15, -0.1) is 0 Å². The average molecular weight is 242 g/mol. The molecule has 1 unspecified atom stereocenters. The van der Waals surface area contributed by atoms with Crippen LogP contribution in [0.25, 0.3) is 10.8 Å². The molecule has 0 aromatic heterocycles. The summed E-state index contributed by atoms with van der Waals surface area (Å²) in [7, 11) is 0. The average Bonchev–Trinajstić information content (AvgIpc) is 2.35. The Kier molecular flexibility index (Phi) is 3.66. The van der Waals surface area contributed by atoms with Gasteiger partial charge in [0, 0.05) is 6.42 Å². The summed E-state index contributed by atoms with van der Waals surface area (Å²) in [4.78, 5) is 10.6. The highest BCUT2D eigenvalue weighted by Gasteiger charge is 2.08. The van der Waals surface area contributed by atoms with Crippen LogP contribution < -0.4 is 0 Å². The fourth-order valence-electron chi connectivity index (χ4n) is 2.20. The van der Waals surface area contributed by atoms with Crippen molar-refractivity contribution in [1.82, 2.24) is 0 Å². The molecule has 0 aliphatic carbocycles. The highest BCUT2D eigenvalue weighted by Crippen LogP contribution is 2.25. The molecule has 0 aliphatic rings. The van der Waals surface area contributed by atoms with Crippen LogP contribution in [0.1, 0.15) is 36.8 Å². The number of carboxylic acids is 1. The molecular formula is C16H18O2. The first-order valence-electron chi connectivity index (χ1n) is 6.28. The van der Waals surface area contributed by atoms with Gasteiger partial charge in [-0.3, -0.25) is 4.79 Å². The quantitative estimate of drug-likeness (QED) is 0.875. The molecule has 0 bridgehead atoms. The van der Waals surface area contributed by atoms with Crippen LogP contribution in [-0.2, 0) is 4.79 Å². The van der Waals surface area contributed by atoms with Crippen molar-refractivity contribution in [2.45, 2.75) is 32.6 Å². The third-order valence-corrected chi connectivity index (χ3v) is 3.38. The first-order chi connectivity index (χ1) is 8.56. The number of carboxylic acid groups (broad SMARTS) is 1. The van der Waals surface area contributed by atoms with E-state index >= 15 is 0 Å². The van der Waals surface area contributed by atoms with Crippen LogP contribution in [-0.4, -0.2) is 11.1 Å². The van der Waals surface area contributed by atoms with Crippen LogP contribution in [0.3, 0.4) is 0 Å². The second-order valence-corrected chi connectivity index (χ2v) is 4.94. The minimum absolute atomic E-state index is 0.229. The standard InChI is InChI=1S/C16H18O2/c1-11-3-5-15-10-13(6-7-14(15)9-11)12(2)4-8-16(17)18/h3,5-7,9-10,12H,4,8H2,1-2H3,(H,17,18). The van der Waals surface area contributed by atoms with Gasteiger partial charge in [-0.1, -0.05) is 48.9 Å². The van der Waals surface area contributed by atoms with E-state index in [0.717, 1.165) is 0 Å². The Morgan fingerprint density at radius 1 is 1.17 bits per heavy atom. The summed E-state index contributed by atoms with van der Waals surface area (Å²) in [5, 5.41) is 11.2. The van der Waals surface area contributed by atoms with Gasteiger partial charge in [0.2, 0.25) is 0 Å². The first kappa shape index (κ1) is 12.6. The highest BCUT2D eigenvalue weighted by molar-refractivity contribution is 5.83. The predicted molar refractivity (Wildman–Crippen MR) is 74.0 cm³/mol. The second kappa shape index (κ2) is 5.21. The molecule has 2 rings (SSSR count). The lowest BCUT2D eigenvalue weighted by molar-refractivity contribution is -0.137. The number of carbonyl (C=O) groups is 1. The van der Waals surface area contributed by atoms with Crippen molar-refractivity contribution in [1.29, 1.82) is 0 Å². The third kappa shape index (κ3) is 2.89. The smallest absolute Gasteiger partial charge is 0.303 e. The maximum absolute atomic E-state index is 10.6. The molecule has 0 spiro atoms. The minimum atomic E-state index is -0.724. The Bertz CT molecular complexity index is 572. The molecule has 0 heterocycles. The van der Waals surface area contributed by atoms with E-state index in [0.29, 0.717) is 6.42 Å². The number of fused-ring (bicyclic) bond motifs is 1. The van der Waals surface area contributed by atoms with E-state index in [4.69, 9.17) is 5.11 Å². The van der Waals surface area contributed by atoms with Crippen molar-refractivity contribution in [2.24, 2.45) is 0 Å². The van der Waals surface area contributed by atoms with Gasteiger partial charge in [-0.25, -0.2) is 0 Å². The monoisotopic (exact) mass is 242 g/mol. The summed E-state index contributed by atoms with van der Waals surface area (Å²) in [5.41, 5.74) is 2.47. The van der Waals surface area contributed by atoms with Crippen molar-refractivity contribution >= 4 is 16.7 Å². The minimum Gasteiger partial charge on any atom is -0.481 e. The lowest BCUT2D eigenvalue weighted by atomic mass is 9.94. The van der Waals surface area contributed by atoms with Gasteiger partial charge in [-0.2, -0.15) is 0 Å².